The Balaban J connectivity index is 2.41. The SMILES string of the molecule is CCCCCCCC(N)c1cc(F)ccc1Br. The minimum absolute atomic E-state index is 0.0679. The lowest BCUT2D eigenvalue weighted by atomic mass is 10.0. The second-order valence-electron chi connectivity index (χ2n) is 4.48. The molecule has 0 radical (unpaired) electrons. The van der Waals surface area contributed by atoms with Crippen molar-refractivity contribution in [1.29, 1.82) is 0 Å². The van der Waals surface area contributed by atoms with E-state index in [9.17, 15) is 4.39 Å². The first kappa shape index (κ1) is 14.7. The quantitative estimate of drug-likeness (QED) is 0.709. The van der Waals surface area contributed by atoms with Gasteiger partial charge >= 0.3 is 0 Å². The molecule has 0 aliphatic rings. The van der Waals surface area contributed by atoms with Gasteiger partial charge in [-0.1, -0.05) is 55.0 Å². The topological polar surface area (TPSA) is 26.0 Å². The lowest BCUT2D eigenvalue weighted by molar-refractivity contribution is 0.550. The number of halogens is 2. The molecule has 1 rings (SSSR count). The van der Waals surface area contributed by atoms with Gasteiger partial charge in [-0.2, -0.15) is 0 Å². The van der Waals surface area contributed by atoms with Gasteiger partial charge < -0.3 is 5.73 Å². The van der Waals surface area contributed by atoms with Gasteiger partial charge in [-0.3, -0.25) is 0 Å². The number of rotatable bonds is 7. The summed E-state index contributed by atoms with van der Waals surface area (Å²) in [6.45, 7) is 2.20. The molecule has 0 aromatic heterocycles. The fourth-order valence-corrected chi connectivity index (χ4v) is 2.46. The van der Waals surface area contributed by atoms with Crippen LogP contribution in [0.25, 0.3) is 0 Å². The molecule has 1 unspecified atom stereocenters. The predicted molar refractivity (Wildman–Crippen MR) is 74.4 cm³/mol. The minimum atomic E-state index is -0.218. The van der Waals surface area contributed by atoms with Crippen LogP contribution >= 0.6 is 15.9 Å². The Morgan fingerprint density at radius 1 is 1.24 bits per heavy atom. The molecule has 1 atom stereocenters. The third-order valence-corrected chi connectivity index (χ3v) is 3.70. The van der Waals surface area contributed by atoms with E-state index in [1.54, 1.807) is 6.07 Å². The van der Waals surface area contributed by atoms with Gasteiger partial charge in [-0.15, -0.1) is 0 Å². The van der Waals surface area contributed by atoms with E-state index in [1.807, 2.05) is 0 Å². The number of unbranched alkanes of at least 4 members (excludes halogenated alkanes) is 4. The molecule has 0 bridgehead atoms. The van der Waals surface area contributed by atoms with Crippen LogP contribution in [0, 0.1) is 5.82 Å². The summed E-state index contributed by atoms with van der Waals surface area (Å²) in [6, 6.07) is 4.63. The summed E-state index contributed by atoms with van der Waals surface area (Å²) in [7, 11) is 0. The zero-order chi connectivity index (χ0) is 12.7. The van der Waals surface area contributed by atoms with E-state index in [4.69, 9.17) is 5.73 Å². The highest BCUT2D eigenvalue weighted by Crippen LogP contribution is 2.26. The molecular weight excluding hydrogens is 281 g/mol. The highest BCUT2D eigenvalue weighted by molar-refractivity contribution is 9.10. The largest absolute Gasteiger partial charge is 0.324 e. The summed E-state index contributed by atoms with van der Waals surface area (Å²) < 4.78 is 14.0. The third-order valence-electron chi connectivity index (χ3n) is 2.98. The van der Waals surface area contributed by atoms with E-state index in [1.165, 1.54) is 37.8 Å². The van der Waals surface area contributed by atoms with E-state index >= 15 is 0 Å². The molecule has 0 heterocycles. The van der Waals surface area contributed by atoms with E-state index in [-0.39, 0.29) is 11.9 Å². The van der Waals surface area contributed by atoms with E-state index in [0.29, 0.717) is 0 Å². The molecule has 0 saturated heterocycles. The highest BCUT2D eigenvalue weighted by Gasteiger charge is 2.10. The van der Waals surface area contributed by atoms with Gasteiger partial charge in [-0.05, 0) is 30.2 Å². The Morgan fingerprint density at radius 3 is 2.65 bits per heavy atom. The number of nitrogens with two attached hydrogens (primary N) is 1. The molecule has 0 spiro atoms. The molecule has 2 N–H and O–H groups in total. The molecule has 17 heavy (non-hydrogen) atoms. The molecule has 0 aliphatic heterocycles. The standard InChI is InChI=1S/C14H21BrFN/c1-2-3-4-5-6-7-14(17)12-10-11(16)8-9-13(12)15/h8-10,14H,2-7,17H2,1H3. The van der Waals surface area contributed by atoms with Crippen molar-refractivity contribution in [3.63, 3.8) is 0 Å². The van der Waals surface area contributed by atoms with Gasteiger partial charge in [0.15, 0.2) is 0 Å². The van der Waals surface area contributed by atoms with Crippen molar-refractivity contribution in [2.75, 3.05) is 0 Å². The van der Waals surface area contributed by atoms with Crippen LogP contribution in [-0.4, -0.2) is 0 Å². The molecule has 3 heteroatoms. The molecule has 0 aliphatic carbocycles. The van der Waals surface area contributed by atoms with Gasteiger partial charge in [0.2, 0.25) is 0 Å². The normalized spacial score (nSPS) is 12.7. The lowest BCUT2D eigenvalue weighted by Gasteiger charge is -2.13. The first-order valence-electron chi connectivity index (χ1n) is 6.35. The van der Waals surface area contributed by atoms with Crippen molar-refractivity contribution < 1.29 is 4.39 Å². The maximum atomic E-state index is 13.1. The van der Waals surface area contributed by atoms with E-state index in [0.717, 1.165) is 22.9 Å². The van der Waals surface area contributed by atoms with E-state index < -0.39 is 0 Å². The predicted octanol–water partition coefficient (Wildman–Crippen LogP) is 4.95. The monoisotopic (exact) mass is 301 g/mol. The molecule has 1 aromatic carbocycles. The van der Waals surface area contributed by atoms with Crippen molar-refractivity contribution >= 4 is 15.9 Å². The summed E-state index contributed by atoms with van der Waals surface area (Å²) in [5.41, 5.74) is 6.96. The van der Waals surface area contributed by atoms with E-state index in [2.05, 4.69) is 22.9 Å². The Kier molecular flexibility index (Phi) is 6.75. The van der Waals surface area contributed by atoms with Gasteiger partial charge in [0.25, 0.3) is 0 Å². The third kappa shape index (κ3) is 5.17. The molecule has 0 saturated carbocycles. The summed E-state index contributed by atoms with van der Waals surface area (Å²) >= 11 is 3.42. The van der Waals surface area contributed by atoms with Crippen LogP contribution in [-0.2, 0) is 0 Å². The summed E-state index contributed by atoms with van der Waals surface area (Å²) in [4.78, 5) is 0. The fourth-order valence-electron chi connectivity index (χ4n) is 1.92. The van der Waals surface area contributed by atoms with Crippen molar-refractivity contribution in [3.05, 3.63) is 34.1 Å². The molecular formula is C14H21BrFN. The average Bonchev–Trinajstić information content (AvgIpc) is 2.32. The van der Waals surface area contributed by atoms with Gasteiger partial charge in [0.1, 0.15) is 5.82 Å². The van der Waals surface area contributed by atoms with Crippen molar-refractivity contribution in [1.82, 2.24) is 0 Å². The zero-order valence-electron chi connectivity index (χ0n) is 10.4. The summed E-state index contributed by atoms with van der Waals surface area (Å²) in [5, 5.41) is 0. The van der Waals surface area contributed by atoms with Crippen molar-refractivity contribution in [2.24, 2.45) is 5.73 Å². The molecule has 1 nitrogen and oxygen atoms in total. The maximum absolute atomic E-state index is 13.1. The van der Waals surface area contributed by atoms with Crippen LogP contribution in [0.5, 0.6) is 0 Å². The summed E-state index contributed by atoms with van der Waals surface area (Å²) in [5.74, 6) is -0.218. The van der Waals surface area contributed by atoms with Crippen molar-refractivity contribution in [3.8, 4) is 0 Å². The Labute approximate surface area is 112 Å². The number of hydrogen-bond donors (Lipinski definition) is 1. The van der Waals surface area contributed by atoms with Crippen molar-refractivity contribution in [2.45, 2.75) is 51.5 Å². The molecule has 0 amide bonds. The zero-order valence-corrected chi connectivity index (χ0v) is 12.0. The Bertz CT molecular complexity index is 341. The number of hydrogen-bond acceptors (Lipinski definition) is 1. The molecule has 96 valence electrons. The summed E-state index contributed by atoms with van der Waals surface area (Å²) in [6.07, 6.45) is 7.07. The molecule has 0 fully saturated rings. The van der Waals surface area contributed by atoms with Crippen LogP contribution in [0.1, 0.15) is 57.1 Å². The minimum Gasteiger partial charge on any atom is -0.324 e. The first-order valence-corrected chi connectivity index (χ1v) is 7.15. The lowest BCUT2D eigenvalue weighted by Crippen LogP contribution is -2.11. The fraction of sp³-hybridized carbons (Fsp3) is 0.571. The number of benzene rings is 1. The average molecular weight is 302 g/mol. The maximum Gasteiger partial charge on any atom is 0.123 e. The highest BCUT2D eigenvalue weighted by atomic mass is 79.9. The smallest absolute Gasteiger partial charge is 0.123 e. The first-order chi connectivity index (χ1) is 8.15. The second kappa shape index (κ2) is 7.83. The molecule has 1 aromatic rings. The van der Waals surface area contributed by atoms with Gasteiger partial charge in [0.05, 0.1) is 0 Å². The van der Waals surface area contributed by atoms with Crippen LogP contribution in [0.2, 0.25) is 0 Å². The van der Waals surface area contributed by atoms with Crippen LogP contribution in [0.15, 0.2) is 22.7 Å². The van der Waals surface area contributed by atoms with Crippen LogP contribution < -0.4 is 5.73 Å². The van der Waals surface area contributed by atoms with Crippen LogP contribution in [0.3, 0.4) is 0 Å². The van der Waals surface area contributed by atoms with Gasteiger partial charge in [0, 0.05) is 10.5 Å². The second-order valence-corrected chi connectivity index (χ2v) is 5.33. The Morgan fingerprint density at radius 2 is 1.94 bits per heavy atom. The van der Waals surface area contributed by atoms with Crippen LogP contribution in [0.4, 0.5) is 4.39 Å². The van der Waals surface area contributed by atoms with Gasteiger partial charge in [-0.25, -0.2) is 4.39 Å². The Hall–Kier alpha value is -0.410.